The molecule has 1 heterocycles. The Balaban J connectivity index is 2.39. The van der Waals surface area contributed by atoms with Gasteiger partial charge < -0.3 is 4.90 Å². The van der Waals surface area contributed by atoms with Crippen LogP contribution in [0.1, 0.15) is 33.3 Å². The lowest BCUT2D eigenvalue weighted by molar-refractivity contribution is -0.122. The lowest BCUT2D eigenvalue weighted by atomic mass is 9.87. The SMILES string of the molecule is CC1Cc2ccccc2N1C=C(C#N)C(=O)C(C)(C)C. The van der Waals surface area contributed by atoms with E-state index in [0.717, 1.165) is 12.1 Å². The standard InChI is InChI=1S/C17H20N2O/c1-12-9-13-7-5-6-8-15(13)19(12)11-14(10-18)16(20)17(2,3)4/h5-8,11-12H,9H2,1-4H3. The molecule has 2 rings (SSSR count). The van der Waals surface area contributed by atoms with Crippen molar-refractivity contribution >= 4 is 11.5 Å². The molecule has 0 fully saturated rings. The molecule has 1 aromatic rings. The fourth-order valence-electron chi connectivity index (χ4n) is 2.47. The number of nitriles is 1. The molecular formula is C17H20N2O. The van der Waals surface area contributed by atoms with Crippen molar-refractivity contribution < 1.29 is 4.79 Å². The van der Waals surface area contributed by atoms with Gasteiger partial charge in [0.1, 0.15) is 11.6 Å². The zero-order valence-corrected chi connectivity index (χ0v) is 12.5. The minimum atomic E-state index is -0.538. The summed E-state index contributed by atoms with van der Waals surface area (Å²) in [5, 5.41) is 9.29. The van der Waals surface area contributed by atoms with Crippen LogP contribution in [0.15, 0.2) is 36.0 Å². The van der Waals surface area contributed by atoms with E-state index in [1.807, 2.05) is 43.9 Å². The zero-order chi connectivity index (χ0) is 14.9. The van der Waals surface area contributed by atoms with Crippen LogP contribution in [0.5, 0.6) is 0 Å². The van der Waals surface area contributed by atoms with Crippen LogP contribution in [0.3, 0.4) is 0 Å². The number of hydrogen-bond donors (Lipinski definition) is 0. The number of Topliss-reactive ketones (excluding diaryl/α,β-unsaturated/α-hetero) is 1. The van der Waals surface area contributed by atoms with E-state index in [-0.39, 0.29) is 17.4 Å². The second-order valence-corrected chi connectivity index (χ2v) is 6.32. The molecule has 1 aliphatic rings. The Bertz CT molecular complexity index is 602. The van der Waals surface area contributed by atoms with Gasteiger partial charge in [0.2, 0.25) is 0 Å². The third-order valence-corrected chi connectivity index (χ3v) is 3.57. The van der Waals surface area contributed by atoms with Gasteiger partial charge in [-0.3, -0.25) is 4.79 Å². The second-order valence-electron chi connectivity index (χ2n) is 6.32. The van der Waals surface area contributed by atoms with Crippen molar-refractivity contribution in [2.75, 3.05) is 4.90 Å². The van der Waals surface area contributed by atoms with Crippen LogP contribution in [0.4, 0.5) is 5.69 Å². The lowest BCUT2D eigenvalue weighted by Crippen LogP contribution is -2.27. The van der Waals surface area contributed by atoms with Gasteiger partial charge in [0.15, 0.2) is 5.78 Å². The van der Waals surface area contributed by atoms with Crippen LogP contribution in [0.2, 0.25) is 0 Å². The molecule has 1 unspecified atom stereocenters. The minimum Gasteiger partial charge on any atom is -0.343 e. The summed E-state index contributed by atoms with van der Waals surface area (Å²) in [7, 11) is 0. The van der Waals surface area contributed by atoms with Crippen molar-refractivity contribution in [1.82, 2.24) is 0 Å². The number of anilines is 1. The van der Waals surface area contributed by atoms with Crippen molar-refractivity contribution in [3.8, 4) is 6.07 Å². The summed E-state index contributed by atoms with van der Waals surface area (Å²) in [6.07, 6.45) is 2.65. The Labute approximate surface area is 120 Å². The number of fused-ring (bicyclic) bond motifs is 1. The van der Waals surface area contributed by atoms with Crippen molar-refractivity contribution in [2.24, 2.45) is 5.41 Å². The molecule has 3 nitrogen and oxygen atoms in total. The van der Waals surface area contributed by atoms with Gasteiger partial charge in [-0.2, -0.15) is 5.26 Å². The molecule has 104 valence electrons. The maximum Gasteiger partial charge on any atom is 0.180 e. The third kappa shape index (κ3) is 2.60. The fraction of sp³-hybridized carbons (Fsp3) is 0.412. The third-order valence-electron chi connectivity index (χ3n) is 3.57. The highest BCUT2D eigenvalue weighted by atomic mass is 16.1. The Morgan fingerprint density at radius 2 is 2.05 bits per heavy atom. The topological polar surface area (TPSA) is 44.1 Å². The number of allylic oxidation sites excluding steroid dienone is 1. The second kappa shape index (κ2) is 5.13. The highest BCUT2D eigenvalue weighted by Gasteiger charge is 2.29. The minimum absolute atomic E-state index is 0.114. The van der Waals surface area contributed by atoms with E-state index in [2.05, 4.69) is 19.1 Å². The summed E-state index contributed by atoms with van der Waals surface area (Å²) in [5.74, 6) is -0.114. The van der Waals surface area contributed by atoms with Crippen molar-refractivity contribution in [3.63, 3.8) is 0 Å². The first kappa shape index (κ1) is 14.3. The smallest absolute Gasteiger partial charge is 0.180 e. The normalized spacial score (nSPS) is 18.6. The highest BCUT2D eigenvalue weighted by Crippen LogP contribution is 2.33. The quantitative estimate of drug-likeness (QED) is 0.609. The van der Waals surface area contributed by atoms with Crippen LogP contribution < -0.4 is 4.90 Å². The summed E-state index contributed by atoms with van der Waals surface area (Å²) in [4.78, 5) is 14.3. The molecule has 0 aliphatic carbocycles. The molecule has 1 atom stereocenters. The number of carbonyl (C=O) groups excluding carboxylic acids is 1. The van der Waals surface area contributed by atoms with Crippen LogP contribution in [-0.2, 0) is 11.2 Å². The van der Waals surface area contributed by atoms with Crippen LogP contribution in [0, 0.1) is 16.7 Å². The molecule has 0 saturated carbocycles. The first-order valence-corrected chi connectivity index (χ1v) is 6.87. The summed E-state index contributed by atoms with van der Waals surface area (Å²) < 4.78 is 0. The van der Waals surface area contributed by atoms with Crippen LogP contribution in [-0.4, -0.2) is 11.8 Å². The molecule has 0 amide bonds. The van der Waals surface area contributed by atoms with Crippen LogP contribution >= 0.6 is 0 Å². The molecule has 0 N–H and O–H groups in total. The van der Waals surface area contributed by atoms with Gasteiger partial charge in [0, 0.05) is 23.3 Å². The average Bonchev–Trinajstić information content (AvgIpc) is 2.70. The first-order valence-electron chi connectivity index (χ1n) is 6.87. The summed E-state index contributed by atoms with van der Waals surface area (Å²) in [5.41, 5.74) is 2.04. The molecule has 0 bridgehead atoms. The van der Waals surface area contributed by atoms with E-state index < -0.39 is 5.41 Å². The monoisotopic (exact) mass is 268 g/mol. The maximum atomic E-state index is 12.3. The first-order chi connectivity index (χ1) is 9.34. The summed E-state index contributed by atoms with van der Waals surface area (Å²) in [6.45, 7) is 7.61. The molecule has 1 aliphatic heterocycles. The molecule has 0 radical (unpaired) electrons. The number of carbonyl (C=O) groups is 1. The van der Waals surface area contributed by atoms with Gasteiger partial charge in [0.25, 0.3) is 0 Å². The highest BCUT2D eigenvalue weighted by molar-refractivity contribution is 6.02. The van der Waals surface area contributed by atoms with Crippen LogP contribution in [0.25, 0.3) is 0 Å². The van der Waals surface area contributed by atoms with Gasteiger partial charge in [0.05, 0.1) is 0 Å². The zero-order valence-electron chi connectivity index (χ0n) is 12.5. The molecule has 0 saturated heterocycles. The van der Waals surface area contributed by atoms with Gasteiger partial charge in [-0.25, -0.2) is 0 Å². The average molecular weight is 268 g/mol. The molecule has 20 heavy (non-hydrogen) atoms. The van der Waals surface area contributed by atoms with Crippen molar-refractivity contribution in [2.45, 2.75) is 40.2 Å². The predicted molar refractivity (Wildman–Crippen MR) is 80.2 cm³/mol. The maximum absolute atomic E-state index is 12.3. The number of nitrogens with zero attached hydrogens (tertiary/aromatic N) is 2. The largest absolute Gasteiger partial charge is 0.343 e. The van der Waals surface area contributed by atoms with E-state index in [0.29, 0.717) is 0 Å². The predicted octanol–water partition coefficient (Wildman–Crippen LogP) is 3.46. The number of para-hydroxylation sites is 1. The lowest BCUT2D eigenvalue weighted by Gasteiger charge is -2.22. The van der Waals surface area contributed by atoms with Gasteiger partial charge >= 0.3 is 0 Å². The fourth-order valence-corrected chi connectivity index (χ4v) is 2.47. The number of hydrogen-bond acceptors (Lipinski definition) is 3. The number of rotatable bonds is 2. The Kier molecular flexibility index (Phi) is 3.67. The van der Waals surface area contributed by atoms with E-state index in [9.17, 15) is 10.1 Å². The Hall–Kier alpha value is -2.08. The van der Waals surface area contributed by atoms with Crippen molar-refractivity contribution in [1.29, 1.82) is 5.26 Å². The van der Waals surface area contributed by atoms with Gasteiger partial charge in [-0.15, -0.1) is 0 Å². The van der Waals surface area contributed by atoms with E-state index in [1.54, 1.807) is 6.20 Å². The summed E-state index contributed by atoms with van der Waals surface area (Å²) in [6, 6.07) is 10.5. The number of ketones is 1. The van der Waals surface area contributed by atoms with Gasteiger partial charge in [-0.05, 0) is 25.0 Å². The van der Waals surface area contributed by atoms with E-state index >= 15 is 0 Å². The molecule has 0 aromatic heterocycles. The van der Waals surface area contributed by atoms with Crippen molar-refractivity contribution in [3.05, 3.63) is 41.6 Å². The molecule has 3 heteroatoms. The van der Waals surface area contributed by atoms with E-state index in [1.165, 1.54) is 5.56 Å². The molecule has 0 spiro atoms. The summed E-state index contributed by atoms with van der Waals surface area (Å²) >= 11 is 0. The van der Waals surface area contributed by atoms with E-state index in [4.69, 9.17) is 0 Å². The Morgan fingerprint density at radius 1 is 1.40 bits per heavy atom. The van der Waals surface area contributed by atoms with Gasteiger partial charge in [-0.1, -0.05) is 39.0 Å². The number of benzene rings is 1. The molecular weight excluding hydrogens is 248 g/mol. The molecule has 1 aromatic carbocycles. The Morgan fingerprint density at radius 3 is 2.65 bits per heavy atom.